The van der Waals surface area contributed by atoms with Crippen LogP contribution in [0.1, 0.15) is 17.3 Å². The lowest BCUT2D eigenvalue weighted by molar-refractivity contribution is -0.137. The van der Waals surface area contributed by atoms with Crippen LogP contribution < -0.4 is 5.32 Å². The molecule has 1 N–H and O–H groups in total. The van der Waals surface area contributed by atoms with Crippen molar-refractivity contribution in [3.05, 3.63) is 40.0 Å². The maximum Gasteiger partial charge on any atom is 0.418 e. The zero-order valence-corrected chi connectivity index (χ0v) is 11.3. The average molecular weight is 336 g/mol. The van der Waals surface area contributed by atoms with E-state index in [9.17, 15) is 13.2 Å². The first-order valence-electron chi connectivity index (χ1n) is 5.26. The van der Waals surface area contributed by atoms with E-state index < -0.39 is 11.7 Å². The lowest BCUT2D eigenvalue weighted by Gasteiger charge is -2.13. The molecular weight excluding hydrogens is 327 g/mol. The minimum absolute atomic E-state index is 0.0333. The Morgan fingerprint density at radius 1 is 1.37 bits per heavy atom. The van der Waals surface area contributed by atoms with Crippen LogP contribution in [0.15, 0.2) is 27.2 Å². The van der Waals surface area contributed by atoms with Crippen LogP contribution in [0.5, 0.6) is 0 Å². The van der Waals surface area contributed by atoms with Gasteiger partial charge in [0.15, 0.2) is 5.82 Å². The minimum Gasteiger partial charge on any atom is -0.376 e. The Morgan fingerprint density at radius 2 is 2.11 bits per heavy atom. The van der Waals surface area contributed by atoms with Crippen molar-refractivity contribution in [2.24, 2.45) is 0 Å². The third-order valence-electron chi connectivity index (χ3n) is 2.29. The largest absolute Gasteiger partial charge is 0.418 e. The Bertz CT molecular complexity index is 583. The number of alkyl halides is 3. The monoisotopic (exact) mass is 335 g/mol. The van der Waals surface area contributed by atoms with Gasteiger partial charge in [-0.05, 0) is 25.1 Å². The van der Waals surface area contributed by atoms with Gasteiger partial charge < -0.3 is 9.84 Å². The molecule has 2 aromatic rings. The van der Waals surface area contributed by atoms with Crippen molar-refractivity contribution in [1.29, 1.82) is 0 Å². The van der Waals surface area contributed by atoms with Crippen molar-refractivity contribution < 1.29 is 17.7 Å². The SMILES string of the molecule is Cc1noc(CNc2ccc(Br)cc2C(F)(F)F)n1. The van der Waals surface area contributed by atoms with E-state index in [4.69, 9.17) is 4.52 Å². The highest BCUT2D eigenvalue weighted by atomic mass is 79.9. The number of rotatable bonds is 3. The third-order valence-corrected chi connectivity index (χ3v) is 2.78. The molecule has 102 valence electrons. The molecule has 2 rings (SSSR count). The summed E-state index contributed by atoms with van der Waals surface area (Å²) in [6, 6.07) is 3.88. The normalized spacial score (nSPS) is 11.6. The van der Waals surface area contributed by atoms with Gasteiger partial charge in [-0.1, -0.05) is 21.1 Å². The van der Waals surface area contributed by atoms with Crippen molar-refractivity contribution in [2.45, 2.75) is 19.6 Å². The molecule has 0 atom stereocenters. The molecule has 0 aliphatic carbocycles. The van der Waals surface area contributed by atoms with E-state index in [1.165, 1.54) is 12.1 Å². The Kier molecular flexibility index (Phi) is 3.79. The summed E-state index contributed by atoms with van der Waals surface area (Å²) >= 11 is 3.02. The van der Waals surface area contributed by atoms with Crippen molar-refractivity contribution in [1.82, 2.24) is 10.1 Å². The molecular formula is C11H9BrF3N3O. The predicted octanol–water partition coefficient (Wildman–Crippen LogP) is 3.77. The van der Waals surface area contributed by atoms with Gasteiger partial charge in [-0.25, -0.2) is 0 Å². The second kappa shape index (κ2) is 5.20. The molecule has 0 radical (unpaired) electrons. The zero-order valence-electron chi connectivity index (χ0n) is 9.75. The molecule has 0 unspecified atom stereocenters. The molecule has 1 heterocycles. The topological polar surface area (TPSA) is 51.0 Å². The van der Waals surface area contributed by atoms with Gasteiger partial charge in [0.2, 0.25) is 5.89 Å². The molecule has 0 saturated heterocycles. The van der Waals surface area contributed by atoms with Gasteiger partial charge in [-0.3, -0.25) is 0 Å². The number of anilines is 1. The predicted molar refractivity (Wildman–Crippen MR) is 65.5 cm³/mol. The quantitative estimate of drug-likeness (QED) is 0.927. The first-order valence-corrected chi connectivity index (χ1v) is 6.05. The van der Waals surface area contributed by atoms with Gasteiger partial charge >= 0.3 is 6.18 Å². The van der Waals surface area contributed by atoms with Crippen LogP contribution in [0.2, 0.25) is 0 Å². The van der Waals surface area contributed by atoms with Crippen LogP contribution in [0, 0.1) is 6.92 Å². The number of aromatic nitrogens is 2. The smallest absolute Gasteiger partial charge is 0.376 e. The summed E-state index contributed by atoms with van der Waals surface area (Å²) in [6.07, 6.45) is -4.43. The summed E-state index contributed by atoms with van der Waals surface area (Å²) in [5.41, 5.74) is -0.787. The summed E-state index contributed by atoms with van der Waals surface area (Å²) in [6.45, 7) is 1.67. The highest BCUT2D eigenvalue weighted by Gasteiger charge is 2.33. The van der Waals surface area contributed by atoms with Gasteiger partial charge in [0.1, 0.15) is 0 Å². The van der Waals surface area contributed by atoms with Crippen molar-refractivity contribution in [2.75, 3.05) is 5.32 Å². The standard InChI is InChI=1S/C11H9BrF3N3O/c1-6-17-10(19-18-6)5-16-9-3-2-7(12)4-8(9)11(13,14)15/h2-4,16H,5H2,1H3. The first-order chi connectivity index (χ1) is 8.86. The molecule has 0 fully saturated rings. The van der Waals surface area contributed by atoms with E-state index in [-0.39, 0.29) is 18.1 Å². The lowest BCUT2D eigenvalue weighted by atomic mass is 10.1. The van der Waals surface area contributed by atoms with Gasteiger partial charge in [0.05, 0.1) is 12.1 Å². The molecule has 0 spiro atoms. The van der Waals surface area contributed by atoms with Gasteiger partial charge in [-0.15, -0.1) is 0 Å². The van der Waals surface area contributed by atoms with E-state index in [0.717, 1.165) is 6.07 Å². The van der Waals surface area contributed by atoms with Gasteiger partial charge in [-0.2, -0.15) is 18.2 Å². The maximum atomic E-state index is 12.8. The van der Waals surface area contributed by atoms with E-state index in [1.54, 1.807) is 6.92 Å². The van der Waals surface area contributed by atoms with E-state index in [0.29, 0.717) is 10.3 Å². The lowest BCUT2D eigenvalue weighted by Crippen LogP contribution is -2.11. The second-order valence-corrected chi connectivity index (χ2v) is 4.69. The third kappa shape index (κ3) is 3.46. The van der Waals surface area contributed by atoms with Crippen molar-refractivity contribution >= 4 is 21.6 Å². The van der Waals surface area contributed by atoms with Crippen molar-refractivity contribution in [3.63, 3.8) is 0 Å². The Hall–Kier alpha value is -1.57. The van der Waals surface area contributed by atoms with Crippen LogP contribution in [0.25, 0.3) is 0 Å². The van der Waals surface area contributed by atoms with Crippen LogP contribution in [-0.2, 0) is 12.7 Å². The van der Waals surface area contributed by atoms with Crippen LogP contribution in [0.4, 0.5) is 18.9 Å². The van der Waals surface area contributed by atoms with Crippen LogP contribution in [-0.4, -0.2) is 10.1 Å². The van der Waals surface area contributed by atoms with Crippen LogP contribution >= 0.6 is 15.9 Å². The Labute approximate surface area is 115 Å². The molecule has 0 saturated carbocycles. The van der Waals surface area contributed by atoms with Gasteiger partial charge in [0, 0.05) is 10.2 Å². The molecule has 8 heteroatoms. The van der Waals surface area contributed by atoms with Crippen molar-refractivity contribution in [3.8, 4) is 0 Å². The van der Waals surface area contributed by atoms with Crippen LogP contribution in [0.3, 0.4) is 0 Å². The molecule has 1 aromatic carbocycles. The van der Waals surface area contributed by atoms with E-state index in [1.807, 2.05) is 0 Å². The Morgan fingerprint density at radius 3 is 2.68 bits per heavy atom. The number of hydrogen-bond donors (Lipinski definition) is 1. The number of nitrogens with zero attached hydrogens (tertiary/aromatic N) is 2. The fraction of sp³-hybridized carbons (Fsp3) is 0.273. The highest BCUT2D eigenvalue weighted by molar-refractivity contribution is 9.10. The molecule has 19 heavy (non-hydrogen) atoms. The number of nitrogens with one attached hydrogen (secondary N) is 1. The fourth-order valence-electron chi connectivity index (χ4n) is 1.49. The molecule has 1 aromatic heterocycles. The minimum atomic E-state index is -4.43. The fourth-order valence-corrected chi connectivity index (χ4v) is 1.85. The summed E-state index contributed by atoms with van der Waals surface area (Å²) in [4.78, 5) is 3.90. The molecule has 0 aliphatic heterocycles. The average Bonchev–Trinajstić information content (AvgIpc) is 2.72. The highest BCUT2D eigenvalue weighted by Crippen LogP contribution is 2.36. The zero-order chi connectivity index (χ0) is 14.0. The summed E-state index contributed by atoms with van der Waals surface area (Å²) < 4.78 is 43.7. The number of aryl methyl sites for hydroxylation is 1. The van der Waals surface area contributed by atoms with E-state index >= 15 is 0 Å². The maximum absolute atomic E-state index is 12.8. The second-order valence-electron chi connectivity index (χ2n) is 3.78. The molecule has 0 bridgehead atoms. The molecule has 0 amide bonds. The number of benzene rings is 1. The summed E-state index contributed by atoms with van der Waals surface area (Å²) in [7, 11) is 0. The number of halogens is 4. The summed E-state index contributed by atoms with van der Waals surface area (Å²) in [5.74, 6) is 0.664. The first kappa shape index (κ1) is 13.9. The van der Waals surface area contributed by atoms with E-state index in [2.05, 4.69) is 31.4 Å². The number of hydrogen-bond acceptors (Lipinski definition) is 4. The molecule has 4 nitrogen and oxygen atoms in total. The molecule has 0 aliphatic rings. The Balaban J connectivity index is 2.20. The van der Waals surface area contributed by atoms with Gasteiger partial charge in [0.25, 0.3) is 0 Å². The summed E-state index contributed by atoms with van der Waals surface area (Å²) in [5, 5.41) is 6.20.